The van der Waals surface area contributed by atoms with Gasteiger partial charge in [-0.3, -0.25) is 4.79 Å². The summed E-state index contributed by atoms with van der Waals surface area (Å²) in [5, 5.41) is 0. The van der Waals surface area contributed by atoms with Crippen molar-refractivity contribution in [2.75, 3.05) is 6.54 Å². The molecule has 1 atom stereocenters. The van der Waals surface area contributed by atoms with Crippen molar-refractivity contribution in [3.63, 3.8) is 0 Å². The summed E-state index contributed by atoms with van der Waals surface area (Å²) in [6.45, 7) is 7.21. The minimum Gasteiger partial charge on any atom is -0.444 e. The molecule has 1 amide bonds. The molecule has 7 rings (SSSR count). The highest BCUT2D eigenvalue weighted by Crippen LogP contribution is 2.76. The van der Waals surface area contributed by atoms with Crippen molar-refractivity contribution in [2.45, 2.75) is 347 Å². The van der Waals surface area contributed by atoms with Crippen molar-refractivity contribution in [2.24, 2.45) is 46.3 Å². The standard InChI is InChI=1S/C65H115NO3/c1-62(2,3)69-61(68)66-53-52-63(55-42-30-18-6-7-19-31-43-55,60(67)54-40-28-16-4-5-17-29-41-54)64(56-44-32-20-8-9-21-33-45-56,57-46-34-22-10-11-23-35-47-57)65(66,58-48-36-24-12-13-25-37-49-58)59-50-38-26-14-15-27-39-51-59/h54-59H,4-53H2,1-3H3. The molecular formula is C65H115NO3. The number of amides is 1. The summed E-state index contributed by atoms with van der Waals surface area (Å²) >= 11 is 0. The lowest BCUT2D eigenvalue weighted by Gasteiger charge is -2.77. The van der Waals surface area contributed by atoms with Crippen LogP contribution in [0.3, 0.4) is 0 Å². The monoisotopic (exact) mass is 958 g/mol. The van der Waals surface area contributed by atoms with E-state index in [4.69, 9.17) is 4.74 Å². The second kappa shape index (κ2) is 28.6. The van der Waals surface area contributed by atoms with Gasteiger partial charge in [0.1, 0.15) is 11.4 Å². The van der Waals surface area contributed by atoms with E-state index in [-0.39, 0.29) is 17.4 Å². The Bertz CT molecular complexity index is 1350. The van der Waals surface area contributed by atoms with Crippen molar-refractivity contribution in [3.05, 3.63) is 0 Å². The number of hydrogen-bond acceptors (Lipinski definition) is 3. The third-order valence-corrected chi connectivity index (χ3v) is 21.4. The van der Waals surface area contributed by atoms with Crippen LogP contribution in [0, 0.1) is 46.3 Å². The molecule has 0 bridgehead atoms. The molecule has 4 nitrogen and oxygen atoms in total. The molecule has 4 heteroatoms. The van der Waals surface area contributed by atoms with Crippen LogP contribution in [0.25, 0.3) is 0 Å². The zero-order valence-corrected chi connectivity index (χ0v) is 46.5. The Morgan fingerprint density at radius 1 is 0.362 bits per heavy atom. The van der Waals surface area contributed by atoms with Crippen LogP contribution in [0.15, 0.2) is 0 Å². The van der Waals surface area contributed by atoms with Gasteiger partial charge >= 0.3 is 6.09 Å². The van der Waals surface area contributed by atoms with Crippen molar-refractivity contribution in [1.82, 2.24) is 4.90 Å². The largest absolute Gasteiger partial charge is 0.444 e. The molecule has 1 unspecified atom stereocenters. The molecular weight excluding hydrogens is 843 g/mol. The highest BCUT2D eigenvalue weighted by atomic mass is 16.6. The fourth-order valence-electron chi connectivity index (χ4n) is 18.8. The number of rotatable bonds is 7. The number of likely N-dealkylation sites (tertiary alicyclic amines) is 1. The molecule has 0 aromatic carbocycles. The summed E-state index contributed by atoms with van der Waals surface area (Å²) in [4.78, 5) is 37.4. The van der Waals surface area contributed by atoms with Crippen LogP contribution in [0.2, 0.25) is 0 Å². The van der Waals surface area contributed by atoms with Gasteiger partial charge < -0.3 is 9.64 Å². The van der Waals surface area contributed by atoms with Gasteiger partial charge in [-0.2, -0.15) is 0 Å². The molecule has 1 saturated heterocycles. The van der Waals surface area contributed by atoms with E-state index < -0.39 is 16.6 Å². The van der Waals surface area contributed by atoms with Gasteiger partial charge in [-0.25, -0.2) is 4.79 Å². The zero-order valence-electron chi connectivity index (χ0n) is 46.5. The van der Waals surface area contributed by atoms with Gasteiger partial charge in [0.2, 0.25) is 0 Å². The van der Waals surface area contributed by atoms with E-state index in [1.165, 1.54) is 295 Å². The van der Waals surface area contributed by atoms with Crippen molar-refractivity contribution < 1.29 is 14.3 Å². The van der Waals surface area contributed by atoms with E-state index in [0.717, 1.165) is 31.6 Å². The smallest absolute Gasteiger partial charge is 0.410 e. The first-order chi connectivity index (χ1) is 33.8. The molecule has 0 radical (unpaired) electrons. The summed E-state index contributed by atoms with van der Waals surface area (Å²) in [7, 11) is 0. The first kappa shape index (κ1) is 55.7. The maximum Gasteiger partial charge on any atom is 0.410 e. The molecule has 0 aromatic heterocycles. The second-order valence-corrected chi connectivity index (χ2v) is 26.8. The number of carbonyl (C=O) groups excluding carboxylic acids is 2. The van der Waals surface area contributed by atoms with Gasteiger partial charge in [0.25, 0.3) is 0 Å². The van der Waals surface area contributed by atoms with Crippen LogP contribution >= 0.6 is 0 Å². The van der Waals surface area contributed by atoms with Crippen LogP contribution in [0.1, 0.15) is 335 Å². The number of ether oxygens (including phenoxy) is 1. The van der Waals surface area contributed by atoms with Crippen LogP contribution in [-0.2, 0) is 9.53 Å². The maximum absolute atomic E-state index is 18.2. The molecule has 7 aliphatic rings. The highest BCUT2D eigenvalue weighted by Gasteiger charge is 2.79. The molecule has 398 valence electrons. The first-order valence-corrected chi connectivity index (χ1v) is 32.3. The molecule has 1 aliphatic heterocycles. The van der Waals surface area contributed by atoms with Crippen LogP contribution in [0.4, 0.5) is 4.79 Å². The summed E-state index contributed by atoms with van der Waals surface area (Å²) in [6, 6.07) is 0. The molecule has 6 aliphatic carbocycles. The average molecular weight is 959 g/mol. The quantitative estimate of drug-likeness (QED) is 0.255. The van der Waals surface area contributed by atoms with Crippen LogP contribution in [-0.4, -0.2) is 34.5 Å². The van der Waals surface area contributed by atoms with Gasteiger partial charge in [0.05, 0.1) is 5.54 Å². The zero-order chi connectivity index (χ0) is 48.3. The summed E-state index contributed by atoms with van der Waals surface area (Å²) in [5.74, 6) is 3.18. The summed E-state index contributed by atoms with van der Waals surface area (Å²) in [5.41, 5.74) is -1.65. The third-order valence-electron chi connectivity index (χ3n) is 21.4. The molecule has 69 heavy (non-hydrogen) atoms. The van der Waals surface area contributed by atoms with Gasteiger partial charge in [-0.1, -0.05) is 231 Å². The normalized spacial score (nSPS) is 29.7. The van der Waals surface area contributed by atoms with E-state index in [2.05, 4.69) is 25.7 Å². The number of piperidine rings is 1. The Morgan fingerprint density at radius 2 is 0.623 bits per heavy atom. The van der Waals surface area contributed by atoms with Gasteiger partial charge in [-0.05, 0) is 134 Å². The second-order valence-electron chi connectivity index (χ2n) is 26.8. The predicted octanol–water partition coefficient (Wildman–Crippen LogP) is 20.4. The Balaban J connectivity index is 1.68. The highest BCUT2D eigenvalue weighted by molar-refractivity contribution is 5.89. The molecule has 7 fully saturated rings. The Kier molecular flexibility index (Phi) is 23.1. The molecule has 6 saturated carbocycles. The molecule has 1 heterocycles. The lowest BCUT2D eigenvalue weighted by molar-refractivity contribution is -0.274. The van der Waals surface area contributed by atoms with Gasteiger partial charge in [0.15, 0.2) is 0 Å². The molecule has 0 aromatic rings. The van der Waals surface area contributed by atoms with E-state index in [1.54, 1.807) is 0 Å². The van der Waals surface area contributed by atoms with Crippen LogP contribution < -0.4 is 0 Å². The minimum atomic E-state index is -0.571. The van der Waals surface area contributed by atoms with E-state index in [9.17, 15) is 0 Å². The predicted molar refractivity (Wildman–Crippen MR) is 293 cm³/mol. The fourth-order valence-corrected chi connectivity index (χ4v) is 18.8. The lowest BCUT2D eigenvalue weighted by atomic mass is 9.31. The third kappa shape index (κ3) is 13.6. The Hall–Kier alpha value is -1.06. The number of nitrogens with zero attached hydrogens (tertiary/aromatic N) is 1. The number of ketones is 1. The maximum atomic E-state index is 18.2. The van der Waals surface area contributed by atoms with Crippen molar-refractivity contribution >= 4 is 11.9 Å². The first-order valence-electron chi connectivity index (χ1n) is 32.3. The van der Waals surface area contributed by atoms with E-state index >= 15 is 9.59 Å². The summed E-state index contributed by atoms with van der Waals surface area (Å²) < 4.78 is 7.06. The van der Waals surface area contributed by atoms with Crippen molar-refractivity contribution in [1.29, 1.82) is 0 Å². The SMILES string of the molecule is CC(C)(C)OC(=O)N1CCC(C(=O)C2CCCCCCCC2)(C2CCCCCCCC2)C(C2CCCCCCCC2)(C2CCCCCCCC2)C1(C1CCCCCCCC1)C1CCCCCCCC1. The minimum absolute atomic E-state index is 0.0238. The molecule has 0 spiro atoms. The number of hydrogen-bond donors (Lipinski definition) is 0. The topological polar surface area (TPSA) is 46.6 Å². The van der Waals surface area contributed by atoms with E-state index in [0.29, 0.717) is 29.6 Å². The van der Waals surface area contributed by atoms with Crippen LogP contribution in [0.5, 0.6) is 0 Å². The number of Topliss-reactive ketones (excluding diaryl/α,β-unsaturated/α-hetero) is 1. The lowest BCUT2D eigenvalue weighted by Crippen LogP contribution is -2.83. The summed E-state index contributed by atoms with van der Waals surface area (Å²) in [6.07, 6.45) is 63.6. The fraction of sp³-hybridized carbons (Fsp3) is 0.969. The number of carbonyl (C=O) groups is 2. The van der Waals surface area contributed by atoms with Gasteiger partial charge in [-0.15, -0.1) is 0 Å². The van der Waals surface area contributed by atoms with Crippen molar-refractivity contribution in [3.8, 4) is 0 Å². The molecule has 0 N–H and O–H groups in total. The Morgan fingerprint density at radius 3 is 0.928 bits per heavy atom. The van der Waals surface area contributed by atoms with E-state index in [1.807, 2.05) is 0 Å². The average Bonchev–Trinajstić information content (AvgIpc) is 3.81. The Labute approximate surface area is 428 Å². The van der Waals surface area contributed by atoms with Gasteiger partial charge in [0, 0.05) is 23.3 Å².